The van der Waals surface area contributed by atoms with Crippen LogP contribution in [0.3, 0.4) is 0 Å². The summed E-state index contributed by atoms with van der Waals surface area (Å²) >= 11 is 0. The summed E-state index contributed by atoms with van der Waals surface area (Å²) < 4.78 is 0. The van der Waals surface area contributed by atoms with E-state index >= 15 is 0 Å². The van der Waals surface area contributed by atoms with E-state index in [0.29, 0.717) is 0 Å². The lowest BCUT2D eigenvalue weighted by atomic mass is 10.3. The fourth-order valence-electron chi connectivity index (χ4n) is 5.61. The fraction of sp³-hybridized carbons (Fsp3) is 0.857. The third-order valence-corrected chi connectivity index (χ3v) is 8.69. The zero-order valence-electron chi connectivity index (χ0n) is 37.9. The van der Waals surface area contributed by atoms with Crippen LogP contribution in [0.25, 0.3) is 0 Å². The molecule has 0 radical (unpaired) electrons. The van der Waals surface area contributed by atoms with Crippen molar-refractivity contribution in [2.24, 2.45) is 30.0 Å². The Labute approximate surface area is 339 Å². The topological polar surface area (TPSA) is 123 Å². The number of hydrogen-bond donors (Lipinski definition) is 3. The Morgan fingerprint density at radius 1 is 0.255 bits per heavy atom. The van der Waals surface area contributed by atoms with Gasteiger partial charge in [-0.1, -0.05) is 0 Å². The van der Waals surface area contributed by atoms with E-state index in [4.69, 9.17) is 9.98 Å². The van der Waals surface area contributed by atoms with Gasteiger partial charge in [0.25, 0.3) is 0 Å². The van der Waals surface area contributed by atoms with E-state index in [-0.39, 0.29) is 0 Å². The van der Waals surface area contributed by atoms with Crippen LogP contribution in [0.4, 0.5) is 0 Å². The molecule has 0 rings (SSSR count). The lowest BCUT2D eigenvalue weighted by Gasteiger charge is -2.30. The van der Waals surface area contributed by atoms with Crippen molar-refractivity contribution >= 4 is 34.3 Å². The van der Waals surface area contributed by atoms with Gasteiger partial charge in [0.15, 0.2) is 0 Å². The molecule has 0 aromatic carbocycles. The van der Waals surface area contributed by atoms with Gasteiger partial charge in [0.2, 0.25) is 0 Å². The highest BCUT2D eigenvalue weighted by Gasteiger charge is 2.13. The first-order valence-corrected chi connectivity index (χ1v) is 21.2. The van der Waals surface area contributed by atoms with Crippen molar-refractivity contribution in [2.45, 2.75) is 83.1 Å². The molecule has 0 aliphatic rings. The van der Waals surface area contributed by atoms with Crippen LogP contribution in [-0.4, -0.2) is 211 Å². The number of aliphatic imine (C=N–C) groups is 6. The summed E-state index contributed by atoms with van der Waals surface area (Å²) in [5, 5.41) is 11.0. The van der Waals surface area contributed by atoms with Crippen LogP contribution < -0.4 is 16.0 Å². The quantitative estimate of drug-likeness (QED) is 0.0654. The summed E-state index contributed by atoms with van der Waals surface area (Å²) in [5.41, 5.74) is 6.83. The van der Waals surface area contributed by atoms with Crippen molar-refractivity contribution in [1.29, 1.82) is 0 Å². The lowest BCUT2D eigenvalue weighted by Crippen LogP contribution is -2.46. The standard InChI is InChI=1S/C42H87N13/c1-37(2)46-15-13-43-17-26-53(27-20-45-19-25-52(29-21-48-39(5)6)30-22-49-40(7)8)33-35-55(28-18-44-14-16-47-38(3)4)36-34-54(31-23-50-41(9)10)32-24-51-42(11)12/h43-45H,13-36H2,1-12H3. The number of rotatable bonds is 36. The number of hydrogen-bond acceptors (Lipinski definition) is 13. The van der Waals surface area contributed by atoms with Gasteiger partial charge in [0.05, 0.1) is 39.3 Å². The van der Waals surface area contributed by atoms with Crippen molar-refractivity contribution in [3.8, 4) is 0 Å². The average Bonchev–Trinajstić information content (AvgIpc) is 3.09. The summed E-state index contributed by atoms with van der Waals surface area (Å²) in [4.78, 5) is 38.1. The summed E-state index contributed by atoms with van der Waals surface area (Å²) in [6.07, 6.45) is 0. The molecule has 0 heterocycles. The van der Waals surface area contributed by atoms with Crippen molar-refractivity contribution < 1.29 is 0 Å². The van der Waals surface area contributed by atoms with Crippen molar-refractivity contribution in [2.75, 3.05) is 157 Å². The third-order valence-electron chi connectivity index (χ3n) is 8.69. The molecule has 0 bridgehead atoms. The van der Waals surface area contributed by atoms with Gasteiger partial charge in [0, 0.05) is 152 Å². The maximum absolute atomic E-state index is 4.70. The highest BCUT2D eigenvalue weighted by molar-refractivity contribution is 5.80. The van der Waals surface area contributed by atoms with Gasteiger partial charge in [-0.3, -0.25) is 49.6 Å². The minimum absolute atomic E-state index is 0.832. The van der Waals surface area contributed by atoms with E-state index in [0.717, 1.165) is 191 Å². The minimum Gasteiger partial charge on any atom is -0.314 e. The van der Waals surface area contributed by atoms with E-state index in [1.54, 1.807) is 0 Å². The molecule has 13 nitrogen and oxygen atoms in total. The molecule has 55 heavy (non-hydrogen) atoms. The lowest BCUT2D eigenvalue weighted by molar-refractivity contribution is 0.178. The highest BCUT2D eigenvalue weighted by Crippen LogP contribution is 1.98. The Morgan fingerprint density at radius 3 is 0.727 bits per heavy atom. The van der Waals surface area contributed by atoms with Crippen LogP contribution in [0.5, 0.6) is 0 Å². The van der Waals surface area contributed by atoms with Crippen molar-refractivity contribution in [1.82, 2.24) is 35.6 Å². The summed E-state index contributed by atoms with van der Waals surface area (Å²) in [5.74, 6) is 0. The smallest absolute Gasteiger partial charge is 0.0515 e. The maximum atomic E-state index is 4.70. The summed E-state index contributed by atoms with van der Waals surface area (Å²) in [6.45, 7) is 47.6. The molecule has 0 fully saturated rings. The largest absolute Gasteiger partial charge is 0.314 e. The molecule has 320 valence electrons. The van der Waals surface area contributed by atoms with Crippen LogP contribution >= 0.6 is 0 Å². The van der Waals surface area contributed by atoms with Crippen LogP contribution in [-0.2, 0) is 0 Å². The Bertz CT molecular complexity index is 1060. The zero-order chi connectivity index (χ0) is 41.1. The van der Waals surface area contributed by atoms with E-state index in [9.17, 15) is 0 Å². The Hall–Kier alpha value is -2.26. The molecule has 0 atom stereocenters. The van der Waals surface area contributed by atoms with Gasteiger partial charge in [-0.25, -0.2) is 0 Å². The molecule has 0 amide bonds. The molecule has 3 N–H and O–H groups in total. The van der Waals surface area contributed by atoms with Crippen molar-refractivity contribution in [3.63, 3.8) is 0 Å². The van der Waals surface area contributed by atoms with Crippen molar-refractivity contribution in [3.05, 3.63) is 0 Å². The predicted molar refractivity (Wildman–Crippen MR) is 246 cm³/mol. The second-order valence-corrected chi connectivity index (χ2v) is 15.6. The third kappa shape index (κ3) is 38.4. The summed E-state index contributed by atoms with van der Waals surface area (Å²) in [6, 6.07) is 0. The Kier molecular flexibility index (Phi) is 34.6. The van der Waals surface area contributed by atoms with Crippen LogP contribution in [0.1, 0.15) is 83.1 Å². The minimum atomic E-state index is 0.832. The monoisotopic (exact) mass is 774 g/mol. The molecule has 0 aromatic heterocycles. The van der Waals surface area contributed by atoms with Crippen LogP contribution in [0, 0.1) is 0 Å². The van der Waals surface area contributed by atoms with Crippen LogP contribution in [0.2, 0.25) is 0 Å². The highest BCUT2D eigenvalue weighted by atomic mass is 15.2. The molecule has 0 spiro atoms. The fourth-order valence-corrected chi connectivity index (χ4v) is 5.61. The molecule has 0 saturated heterocycles. The van der Waals surface area contributed by atoms with Gasteiger partial charge in [-0.2, -0.15) is 0 Å². The first-order chi connectivity index (χ1) is 26.3. The second kappa shape index (κ2) is 36.1. The molecular formula is C42H87N13. The first-order valence-electron chi connectivity index (χ1n) is 21.2. The summed E-state index contributed by atoms with van der Waals surface area (Å²) in [7, 11) is 0. The van der Waals surface area contributed by atoms with Gasteiger partial charge >= 0.3 is 0 Å². The normalized spacial score (nSPS) is 11.3. The van der Waals surface area contributed by atoms with Gasteiger partial charge in [-0.15, -0.1) is 0 Å². The molecule has 0 aromatic rings. The van der Waals surface area contributed by atoms with Gasteiger partial charge < -0.3 is 16.0 Å². The van der Waals surface area contributed by atoms with E-state index in [1.807, 2.05) is 0 Å². The molecule has 0 unspecified atom stereocenters. The molecule has 0 saturated carbocycles. The average molecular weight is 774 g/mol. The molecule has 13 heteroatoms. The number of nitrogens with one attached hydrogen (secondary N) is 3. The maximum Gasteiger partial charge on any atom is 0.0515 e. The molecule has 0 aliphatic heterocycles. The predicted octanol–water partition coefficient (Wildman–Crippen LogP) is 3.85. The van der Waals surface area contributed by atoms with Gasteiger partial charge in [0.1, 0.15) is 0 Å². The van der Waals surface area contributed by atoms with E-state index in [1.165, 1.54) is 0 Å². The van der Waals surface area contributed by atoms with E-state index in [2.05, 4.69) is 139 Å². The second-order valence-electron chi connectivity index (χ2n) is 15.6. The SMILES string of the molecule is CC(C)=NCCNCCN(CCNCCN(CCN=C(C)C)CCN=C(C)C)CCN(CCNCCN=C(C)C)CCN(CCN=C(C)C)CCN=C(C)C. The molecule has 0 aliphatic carbocycles. The Balaban J connectivity index is 5.54. The molecular weight excluding hydrogens is 687 g/mol. The first kappa shape index (κ1) is 52.7. The number of nitrogens with zero attached hydrogens (tertiary/aromatic N) is 10. The Morgan fingerprint density at radius 2 is 0.455 bits per heavy atom. The van der Waals surface area contributed by atoms with Crippen LogP contribution in [0.15, 0.2) is 30.0 Å². The van der Waals surface area contributed by atoms with Gasteiger partial charge in [-0.05, 0) is 83.1 Å². The van der Waals surface area contributed by atoms with E-state index < -0.39 is 0 Å². The zero-order valence-corrected chi connectivity index (χ0v) is 37.9.